The summed E-state index contributed by atoms with van der Waals surface area (Å²) >= 11 is 0. The van der Waals surface area contributed by atoms with Crippen molar-refractivity contribution >= 4 is 5.69 Å². The number of nitrogens with one attached hydrogen (secondary N) is 1. The Morgan fingerprint density at radius 2 is 2.05 bits per heavy atom. The molecule has 19 heavy (non-hydrogen) atoms. The standard InChI is InChI=1S/C15H21N3O/c1-4-19-11-13-7-5-6-8-15(13)16-9-14-10-18(3)17-12(14)2/h5-8,10,16H,4,9,11H2,1-3H3. The third kappa shape index (κ3) is 3.58. The third-order valence-electron chi connectivity index (χ3n) is 3.06. The van der Waals surface area contributed by atoms with Crippen molar-refractivity contribution in [1.82, 2.24) is 9.78 Å². The molecule has 4 heteroatoms. The molecule has 0 saturated heterocycles. The number of aromatic nitrogens is 2. The molecule has 4 nitrogen and oxygen atoms in total. The number of anilines is 1. The molecule has 0 aliphatic heterocycles. The number of ether oxygens (including phenoxy) is 1. The summed E-state index contributed by atoms with van der Waals surface area (Å²) in [5.41, 5.74) is 4.59. The fourth-order valence-corrected chi connectivity index (χ4v) is 2.04. The minimum atomic E-state index is 0.645. The van der Waals surface area contributed by atoms with Gasteiger partial charge in [-0.05, 0) is 19.9 Å². The van der Waals surface area contributed by atoms with Crippen molar-refractivity contribution in [2.45, 2.75) is 27.0 Å². The van der Waals surface area contributed by atoms with Gasteiger partial charge in [-0.2, -0.15) is 5.10 Å². The summed E-state index contributed by atoms with van der Waals surface area (Å²) < 4.78 is 7.33. The van der Waals surface area contributed by atoms with E-state index in [1.54, 1.807) is 0 Å². The third-order valence-corrected chi connectivity index (χ3v) is 3.06. The van der Waals surface area contributed by atoms with Crippen LogP contribution in [0.4, 0.5) is 5.69 Å². The lowest BCUT2D eigenvalue weighted by molar-refractivity contribution is 0.134. The van der Waals surface area contributed by atoms with Gasteiger partial charge in [0, 0.05) is 43.2 Å². The summed E-state index contributed by atoms with van der Waals surface area (Å²) in [4.78, 5) is 0. The molecule has 0 radical (unpaired) electrons. The molecule has 2 rings (SSSR count). The molecule has 0 bridgehead atoms. The average molecular weight is 259 g/mol. The second-order valence-corrected chi connectivity index (χ2v) is 4.56. The van der Waals surface area contributed by atoms with Crippen LogP contribution in [-0.2, 0) is 24.9 Å². The zero-order chi connectivity index (χ0) is 13.7. The Hall–Kier alpha value is -1.81. The van der Waals surface area contributed by atoms with Crippen LogP contribution >= 0.6 is 0 Å². The van der Waals surface area contributed by atoms with Gasteiger partial charge in [0.05, 0.1) is 12.3 Å². The van der Waals surface area contributed by atoms with Gasteiger partial charge in [0.15, 0.2) is 0 Å². The minimum absolute atomic E-state index is 0.645. The van der Waals surface area contributed by atoms with Crippen molar-refractivity contribution in [2.75, 3.05) is 11.9 Å². The average Bonchev–Trinajstić information content (AvgIpc) is 2.73. The number of aryl methyl sites for hydroxylation is 2. The van der Waals surface area contributed by atoms with Crippen LogP contribution in [0.25, 0.3) is 0 Å². The lowest BCUT2D eigenvalue weighted by Crippen LogP contribution is -2.04. The first-order chi connectivity index (χ1) is 9.20. The number of rotatable bonds is 6. The van der Waals surface area contributed by atoms with Crippen LogP contribution in [0.1, 0.15) is 23.7 Å². The summed E-state index contributed by atoms with van der Waals surface area (Å²) in [5, 5.41) is 7.81. The summed E-state index contributed by atoms with van der Waals surface area (Å²) in [7, 11) is 1.94. The van der Waals surface area contributed by atoms with E-state index in [-0.39, 0.29) is 0 Å². The highest BCUT2D eigenvalue weighted by Gasteiger charge is 2.05. The molecule has 0 unspecified atom stereocenters. The van der Waals surface area contributed by atoms with E-state index in [1.165, 1.54) is 11.1 Å². The molecule has 0 spiro atoms. The van der Waals surface area contributed by atoms with E-state index >= 15 is 0 Å². The molecule has 0 amide bonds. The van der Waals surface area contributed by atoms with Crippen LogP contribution in [0, 0.1) is 6.92 Å². The highest BCUT2D eigenvalue weighted by atomic mass is 16.5. The minimum Gasteiger partial charge on any atom is -0.381 e. The molecule has 102 valence electrons. The van der Waals surface area contributed by atoms with E-state index in [2.05, 4.69) is 22.5 Å². The molecule has 0 aliphatic rings. The summed E-state index contributed by atoms with van der Waals surface area (Å²) in [5.74, 6) is 0. The van der Waals surface area contributed by atoms with Crippen LogP contribution in [0.5, 0.6) is 0 Å². The molecule has 1 aromatic carbocycles. The summed E-state index contributed by atoms with van der Waals surface area (Å²) in [6.07, 6.45) is 2.05. The van der Waals surface area contributed by atoms with Crippen molar-refractivity contribution in [1.29, 1.82) is 0 Å². The van der Waals surface area contributed by atoms with Gasteiger partial charge in [-0.15, -0.1) is 0 Å². The van der Waals surface area contributed by atoms with E-state index < -0.39 is 0 Å². The Balaban J connectivity index is 2.04. The molecule has 1 aromatic heterocycles. The molecule has 0 atom stereocenters. The largest absolute Gasteiger partial charge is 0.381 e. The van der Waals surface area contributed by atoms with Crippen LogP contribution < -0.4 is 5.32 Å². The molecule has 1 heterocycles. The normalized spacial score (nSPS) is 10.7. The van der Waals surface area contributed by atoms with E-state index in [4.69, 9.17) is 4.74 Å². The van der Waals surface area contributed by atoms with Crippen molar-refractivity contribution in [3.63, 3.8) is 0 Å². The lowest BCUT2D eigenvalue weighted by atomic mass is 10.1. The van der Waals surface area contributed by atoms with Gasteiger partial charge >= 0.3 is 0 Å². The number of para-hydroxylation sites is 1. The fourth-order valence-electron chi connectivity index (χ4n) is 2.04. The molecule has 0 aliphatic carbocycles. The maximum Gasteiger partial charge on any atom is 0.0736 e. The monoisotopic (exact) mass is 259 g/mol. The predicted octanol–water partition coefficient (Wildman–Crippen LogP) is 2.88. The Kier molecular flexibility index (Phi) is 4.58. The highest BCUT2D eigenvalue weighted by Crippen LogP contribution is 2.17. The Morgan fingerprint density at radius 1 is 1.26 bits per heavy atom. The van der Waals surface area contributed by atoms with E-state index in [0.717, 1.165) is 24.5 Å². The number of nitrogens with zero attached hydrogens (tertiary/aromatic N) is 2. The maximum atomic E-state index is 5.48. The van der Waals surface area contributed by atoms with Crippen LogP contribution in [0.2, 0.25) is 0 Å². The van der Waals surface area contributed by atoms with Gasteiger partial charge in [0.1, 0.15) is 0 Å². The van der Waals surface area contributed by atoms with Crippen LogP contribution in [0.3, 0.4) is 0 Å². The fraction of sp³-hybridized carbons (Fsp3) is 0.400. The zero-order valence-electron chi connectivity index (χ0n) is 11.8. The van der Waals surface area contributed by atoms with Gasteiger partial charge in [0.25, 0.3) is 0 Å². The predicted molar refractivity (Wildman–Crippen MR) is 77.0 cm³/mol. The van der Waals surface area contributed by atoms with Gasteiger partial charge in [-0.3, -0.25) is 4.68 Å². The van der Waals surface area contributed by atoms with Gasteiger partial charge in [-0.1, -0.05) is 18.2 Å². The van der Waals surface area contributed by atoms with Crippen LogP contribution in [-0.4, -0.2) is 16.4 Å². The zero-order valence-corrected chi connectivity index (χ0v) is 11.8. The topological polar surface area (TPSA) is 39.1 Å². The highest BCUT2D eigenvalue weighted by molar-refractivity contribution is 5.51. The quantitative estimate of drug-likeness (QED) is 0.867. The first kappa shape index (κ1) is 13.6. The molecule has 2 aromatic rings. The second kappa shape index (κ2) is 6.38. The second-order valence-electron chi connectivity index (χ2n) is 4.56. The first-order valence-corrected chi connectivity index (χ1v) is 6.59. The van der Waals surface area contributed by atoms with Crippen molar-refractivity contribution < 1.29 is 4.74 Å². The molecular weight excluding hydrogens is 238 g/mol. The van der Waals surface area contributed by atoms with E-state index in [1.807, 2.05) is 43.9 Å². The summed E-state index contributed by atoms with van der Waals surface area (Å²) in [6.45, 7) is 6.20. The van der Waals surface area contributed by atoms with Crippen molar-refractivity contribution in [3.8, 4) is 0 Å². The summed E-state index contributed by atoms with van der Waals surface area (Å²) in [6, 6.07) is 8.25. The number of hydrogen-bond donors (Lipinski definition) is 1. The SMILES string of the molecule is CCOCc1ccccc1NCc1cn(C)nc1C. The molecule has 0 saturated carbocycles. The van der Waals surface area contributed by atoms with Gasteiger partial charge < -0.3 is 10.1 Å². The first-order valence-electron chi connectivity index (χ1n) is 6.59. The Labute approximate surface area is 114 Å². The maximum absolute atomic E-state index is 5.48. The number of benzene rings is 1. The molecule has 0 fully saturated rings. The molecular formula is C15H21N3O. The van der Waals surface area contributed by atoms with E-state index in [0.29, 0.717) is 6.61 Å². The van der Waals surface area contributed by atoms with E-state index in [9.17, 15) is 0 Å². The van der Waals surface area contributed by atoms with Crippen molar-refractivity contribution in [2.24, 2.45) is 7.05 Å². The molecule has 1 N–H and O–H groups in total. The Bertz CT molecular complexity index is 534. The Morgan fingerprint density at radius 3 is 2.74 bits per heavy atom. The smallest absolute Gasteiger partial charge is 0.0736 e. The van der Waals surface area contributed by atoms with Crippen molar-refractivity contribution in [3.05, 3.63) is 47.3 Å². The lowest BCUT2D eigenvalue weighted by Gasteiger charge is -2.11. The van der Waals surface area contributed by atoms with Gasteiger partial charge in [0.2, 0.25) is 0 Å². The number of hydrogen-bond acceptors (Lipinski definition) is 3. The van der Waals surface area contributed by atoms with Crippen LogP contribution in [0.15, 0.2) is 30.5 Å². The van der Waals surface area contributed by atoms with Gasteiger partial charge in [-0.25, -0.2) is 0 Å².